The van der Waals surface area contributed by atoms with Crippen molar-refractivity contribution in [3.05, 3.63) is 42.3 Å². The van der Waals surface area contributed by atoms with Crippen molar-refractivity contribution in [2.45, 2.75) is 33.1 Å². The van der Waals surface area contributed by atoms with Gasteiger partial charge in [-0.3, -0.25) is 0 Å². The summed E-state index contributed by atoms with van der Waals surface area (Å²) < 4.78 is 0. The standard InChI is InChI=1S/C13H19/c1-11(2)9-10-12(3)13-7-5-4-6-8-13/h4-8,10-12H,9H2,1-3H3. The Labute approximate surface area is 82.0 Å². The van der Waals surface area contributed by atoms with Crippen LogP contribution >= 0.6 is 0 Å². The Bertz CT molecular complexity index is 223. The molecule has 0 heterocycles. The number of rotatable bonds is 4. The highest BCUT2D eigenvalue weighted by Crippen LogP contribution is 2.21. The van der Waals surface area contributed by atoms with Gasteiger partial charge in [0.25, 0.3) is 0 Å². The molecule has 1 aromatic rings. The first-order valence-electron chi connectivity index (χ1n) is 5.08. The first-order valence-corrected chi connectivity index (χ1v) is 5.08. The topological polar surface area (TPSA) is 0 Å². The summed E-state index contributed by atoms with van der Waals surface area (Å²) in [4.78, 5) is 0. The van der Waals surface area contributed by atoms with Gasteiger partial charge < -0.3 is 0 Å². The lowest BCUT2D eigenvalue weighted by Gasteiger charge is -2.12. The van der Waals surface area contributed by atoms with Crippen LogP contribution in [0.1, 0.15) is 38.7 Å². The van der Waals surface area contributed by atoms with E-state index in [2.05, 4.69) is 57.5 Å². The molecule has 1 radical (unpaired) electrons. The minimum Gasteiger partial charge on any atom is -0.0628 e. The van der Waals surface area contributed by atoms with E-state index in [1.165, 1.54) is 12.0 Å². The lowest BCUT2D eigenvalue weighted by molar-refractivity contribution is 0.607. The second-order valence-electron chi connectivity index (χ2n) is 4.06. The molecular formula is C13H19. The van der Waals surface area contributed by atoms with Crippen LogP contribution in [0.2, 0.25) is 0 Å². The largest absolute Gasteiger partial charge is 0.0628 e. The molecule has 0 aromatic heterocycles. The predicted molar refractivity (Wildman–Crippen MR) is 58.6 cm³/mol. The van der Waals surface area contributed by atoms with Gasteiger partial charge in [0.2, 0.25) is 0 Å². The van der Waals surface area contributed by atoms with E-state index < -0.39 is 0 Å². The average molecular weight is 175 g/mol. The first kappa shape index (κ1) is 10.3. The minimum absolute atomic E-state index is 0.587. The smallest absolute Gasteiger partial charge is 0.0159 e. The van der Waals surface area contributed by atoms with E-state index in [-0.39, 0.29) is 0 Å². The molecule has 0 amide bonds. The van der Waals surface area contributed by atoms with E-state index in [0.29, 0.717) is 5.92 Å². The zero-order valence-electron chi connectivity index (χ0n) is 8.83. The molecule has 0 aliphatic heterocycles. The van der Waals surface area contributed by atoms with Crippen molar-refractivity contribution in [2.75, 3.05) is 0 Å². The molecule has 0 aliphatic carbocycles. The van der Waals surface area contributed by atoms with Crippen molar-refractivity contribution >= 4 is 0 Å². The number of hydrogen-bond acceptors (Lipinski definition) is 0. The van der Waals surface area contributed by atoms with Crippen LogP contribution in [0.15, 0.2) is 30.3 Å². The van der Waals surface area contributed by atoms with Gasteiger partial charge in [0.05, 0.1) is 0 Å². The molecule has 0 N–H and O–H groups in total. The second kappa shape index (κ2) is 5.06. The molecule has 71 valence electrons. The zero-order chi connectivity index (χ0) is 9.68. The van der Waals surface area contributed by atoms with Crippen molar-refractivity contribution in [1.29, 1.82) is 0 Å². The van der Waals surface area contributed by atoms with Crippen molar-refractivity contribution < 1.29 is 0 Å². The van der Waals surface area contributed by atoms with Crippen LogP contribution < -0.4 is 0 Å². The Morgan fingerprint density at radius 3 is 2.23 bits per heavy atom. The molecule has 0 aliphatic rings. The van der Waals surface area contributed by atoms with Crippen molar-refractivity contribution in [2.24, 2.45) is 5.92 Å². The first-order chi connectivity index (χ1) is 6.20. The summed E-state index contributed by atoms with van der Waals surface area (Å²) in [6.45, 7) is 6.78. The fourth-order valence-corrected chi connectivity index (χ4v) is 1.37. The molecule has 1 unspecified atom stereocenters. The molecule has 1 rings (SSSR count). The van der Waals surface area contributed by atoms with E-state index in [1.807, 2.05) is 0 Å². The van der Waals surface area contributed by atoms with Gasteiger partial charge in [-0.15, -0.1) is 0 Å². The molecule has 0 nitrogen and oxygen atoms in total. The molecule has 0 spiro atoms. The second-order valence-corrected chi connectivity index (χ2v) is 4.06. The van der Waals surface area contributed by atoms with E-state index in [0.717, 1.165) is 5.92 Å². The van der Waals surface area contributed by atoms with Gasteiger partial charge in [-0.2, -0.15) is 0 Å². The van der Waals surface area contributed by atoms with Crippen LogP contribution in [-0.2, 0) is 0 Å². The van der Waals surface area contributed by atoms with Crippen LogP contribution in [0.4, 0.5) is 0 Å². The Hall–Kier alpha value is -0.780. The highest BCUT2D eigenvalue weighted by molar-refractivity contribution is 5.21. The van der Waals surface area contributed by atoms with Crippen molar-refractivity contribution in [1.82, 2.24) is 0 Å². The molecule has 0 saturated carbocycles. The Morgan fingerprint density at radius 2 is 1.69 bits per heavy atom. The molecule has 13 heavy (non-hydrogen) atoms. The normalized spacial score (nSPS) is 13.2. The van der Waals surface area contributed by atoms with Gasteiger partial charge in [-0.25, -0.2) is 0 Å². The summed E-state index contributed by atoms with van der Waals surface area (Å²) in [5.74, 6) is 1.36. The van der Waals surface area contributed by atoms with Crippen LogP contribution in [0.5, 0.6) is 0 Å². The third kappa shape index (κ3) is 3.63. The highest BCUT2D eigenvalue weighted by Gasteiger charge is 2.05. The number of benzene rings is 1. The molecular weight excluding hydrogens is 156 g/mol. The Kier molecular flexibility index (Phi) is 4.01. The SMILES string of the molecule is CC(C)C[CH]C(C)c1ccccc1. The zero-order valence-corrected chi connectivity index (χ0v) is 8.83. The van der Waals surface area contributed by atoms with Crippen LogP contribution in [0.3, 0.4) is 0 Å². The quantitative estimate of drug-likeness (QED) is 0.648. The van der Waals surface area contributed by atoms with Crippen LogP contribution in [0, 0.1) is 12.3 Å². The third-order valence-corrected chi connectivity index (χ3v) is 2.29. The van der Waals surface area contributed by atoms with Gasteiger partial charge in [0, 0.05) is 0 Å². The highest BCUT2D eigenvalue weighted by atomic mass is 14.1. The molecule has 0 fully saturated rings. The molecule has 1 aromatic carbocycles. The summed E-state index contributed by atoms with van der Waals surface area (Å²) in [7, 11) is 0. The van der Waals surface area contributed by atoms with Gasteiger partial charge in [-0.05, 0) is 30.2 Å². The molecule has 0 saturated heterocycles. The summed E-state index contributed by atoms with van der Waals surface area (Å²) in [5, 5.41) is 0. The van der Waals surface area contributed by atoms with E-state index >= 15 is 0 Å². The fourth-order valence-electron chi connectivity index (χ4n) is 1.37. The minimum atomic E-state index is 0.587. The monoisotopic (exact) mass is 175 g/mol. The molecule has 0 bridgehead atoms. The van der Waals surface area contributed by atoms with Crippen molar-refractivity contribution in [3.8, 4) is 0 Å². The summed E-state index contributed by atoms with van der Waals surface area (Å²) in [5.41, 5.74) is 1.42. The maximum absolute atomic E-state index is 2.40. The van der Waals surface area contributed by atoms with Crippen molar-refractivity contribution in [3.63, 3.8) is 0 Å². The average Bonchev–Trinajstić information content (AvgIpc) is 2.15. The van der Waals surface area contributed by atoms with Gasteiger partial charge in [0.15, 0.2) is 0 Å². The summed E-state index contributed by atoms with van der Waals surface area (Å²) >= 11 is 0. The summed E-state index contributed by atoms with van der Waals surface area (Å²) in [6, 6.07) is 10.7. The maximum Gasteiger partial charge on any atom is -0.0159 e. The third-order valence-electron chi connectivity index (χ3n) is 2.29. The van der Waals surface area contributed by atoms with E-state index in [4.69, 9.17) is 0 Å². The molecule has 0 heteroatoms. The lowest BCUT2D eigenvalue weighted by Crippen LogP contribution is -1.97. The van der Waals surface area contributed by atoms with E-state index in [9.17, 15) is 0 Å². The van der Waals surface area contributed by atoms with Gasteiger partial charge >= 0.3 is 0 Å². The fraction of sp³-hybridized carbons (Fsp3) is 0.462. The van der Waals surface area contributed by atoms with E-state index in [1.54, 1.807) is 0 Å². The van der Waals surface area contributed by atoms with Crippen LogP contribution in [0.25, 0.3) is 0 Å². The Balaban J connectivity index is 2.44. The van der Waals surface area contributed by atoms with Gasteiger partial charge in [0.1, 0.15) is 0 Å². The Morgan fingerprint density at radius 1 is 1.08 bits per heavy atom. The van der Waals surface area contributed by atoms with Gasteiger partial charge in [-0.1, -0.05) is 51.1 Å². The number of hydrogen-bond donors (Lipinski definition) is 0. The maximum atomic E-state index is 2.40. The van der Waals surface area contributed by atoms with Crippen LogP contribution in [-0.4, -0.2) is 0 Å². The predicted octanol–water partition coefficient (Wildman–Crippen LogP) is 4.04. The summed E-state index contributed by atoms with van der Waals surface area (Å²) in [6.07, 6.45) is 3.61. The lowest BCUT2D eigenvalue weighted by atomic mass is 9.93. The molecule has 1 atom stereocenters.